The molecule has 2 aromatic carbocycles. The van der Waals surface area contributed by atoms with Gasteiger partial charge in [-0.15, -0.1) is 0 Å². The van der Waals surface area contributed by atoms with Crippen molar-refractivity contribution in [2.24, 2.45) is 0 Å². The van der Waals surface area contributed by atoms with Crippen LogP contribution in [0.5, 0.6) is 0 Å². The van der Waals surface area contributed by atoms with Crippen molar-refractivity contribution < 1.29 is 9.18 Å². The third-order valence-corrected chi connectivity index (χ3v) is 5.88. The van der Waals surface area contributed by atoms with Crippen molar-refractivity contribution in [2.45, 2.75) is 13.5 Å². The van der Waals surface area contributed by atoms with E-state index in [9.17, 15) is 9.18 Å². The molecular formula is C22H21Cl2FN4O. The van der Waals surface area contributed by atoms with Crippen molar-refractivity contribution in [3.8, 4) is 0 Å². The molecule has 1 amide bonds. The van der Waals surface area contributed by atoms with E-state index in [1.54, 1.807) is 28.6 Å². The first-order valence-corrected chi connectivity index (χ1v) is 10.4. The zero-order valence-corrected chi connectivity index (χ0v) is 18.0. The quantitative estimate of drug-likeness (QED) is 0.585. The van der Waals surface area contributed by atoms with Crippen LogP contribution >= 0.6 is 23.2 Å². The zero-order chi connectivity index (χ0) is 21.3. The number of carbonyl (C=O) groups is 1. The van der Waals surface area contributed by atoms with Gasteiger partial charge in [0.2, 0.25) is 0 Å². The summed E-state index contributed by atoms with van der Waals surface area (Å²) in [5, 5.41) is 5.44. The van der Waals surface area contributed by atoms with Gasteiger partial charge < -0.3 is 9.80 Å². The van der Waals surface area contributed by atoms with Gasteiger partial charge in [-0.25, -0.2) is 9.07 Å². The number of benzene rings is 2. The maximum Gasteiger partial charge on any atom is 0.259 e. The average molecular weight is 447 g/mol. The van der Waals surface area contributed by atoms with Gasteiger partial charge in [0, 0.05) is 36.9 Å². The molecule has 30 heavy (non-hydrogen) atoms. The van der Waals surface area contributed by atoms with Gasteiger partial charge in [-0.1, -0.05) is 41.4 Å². The number of piperazine rings is 1. The molecule has 0 bridgehead atoms. The smallest absolute Gasteiger partial charge is 0.259 e. The van der Waals surface area contributed by atoms with E-state index in [0.717, 1.165) is 11.3 Å². The Balaban J connectivity index is 1.46. The van der Waals surface area contributed by atoms with Crippen LogP contribution in [-0.2, 0) is 6.54 Å². The number of nitrogens with zero attached hydrogens (tertiary/aromatic N) is 4. The van der Waals surface area contributed by atoms with E-state index < -0.39 is 0 Å². The minimum Gasteiger partial charge on any atom is -0.368 e. The fourth-order valence-corrected chi connectivity index (χ4v) is 4.16. The van der Waals surface area contributed by atoms with Crippen molar-refractivity contribution in [2.75, 3.05) is 31.1 Å². The van der Waals surface area contributed by atoms with Crippen LogP contribution < -0.4 is 4.90 Å². The third-order valence-electron chi connectivity index (χ3n) is 5.27. The highest BCUT2D eigenvalue weighted by molar-refractivity contribution is 6.33. The summed E-state index contributed by atoms with van der Waals surface area (Å²) >= 11 is 12.6. The molecular weight excluding hydrogens is 426 g/mol. The van der Waals surface area contributed by atoms with Gasteiger partial charge in [-0.2, -0.15) is 5.10 Å². The monoisotopic (exact) mass is 446 g/mol. The lowest BCUT2D eigenvalue weighted by Crippen LogP contribution is -2.49. The Morgan fingerprint density at radius 2 is 1.77 bits per heavy atom. The van der Waals surface area contributed by atoms with Crippen molar-refractivity contribution in [1.29, 1.82) is 0 Å². The molecule has 0 aliphatic carbocycles. The molecule has 0 spiro atoms. The van der Waals surface area contributed by atoms with Gasteiger partial charge in [0.05, 0.1) is 17.8 Å². The molecule has 4 rings (SSSR count). The Labute approximate surface area is 184 Å². The predicted molar refractivity (Wildman–Crippen MR) is 117 cm³/mol. The molecule has 3 aromatic rings. The number of carbonyl (C=O) groups excluding carboxylic acids is 1. The second kappa shape index (κ2) is 8.66. The lowest BCUT2D eigenvalue weighted by molar-refractivity contribution is 0.0746. The van der Waals surface area contributed by atoms with Gasteiger partial charge in [-0.3, -0.25) is 4.79 Å². The molecule has 0 N–H and O–H groups in total. The van der Waals surface area contributed by atoms with E-state index in [1.165, 1.54) is 12.1 Å². The van der Waals surface area contributed by atoms with Crippen LogP contribution in [-0.4, -0.2) is 46.8 Å². The zero-order valence-electron chi connectivity index (χ0n) is 16.5. The Morgan fingerprint density at radius 3 is 2.43 bits per heavy atom. The molecule has 1 aromatic heterocycles. The topological polar surface area (TPSA) is 41.4 Å². The van der Waals surface area contributed by atoms with Crippen LogP contribution in [0.15, 0.2) is 48.5 Å². The molecule has 8 heteroatoms. The number of aryl methyl sites for hydroxylation is 1. The van der Waals surface area contributed by atoms with Crippen LogP contribution in [0.4, 0.5) is 10.1 Å². The summed E-state index contributed by atoms with van der Waals surface area (Å²) < 4.78 is 14.7. The second-order valence-corrected chi connectivity index (χ2v) is 8.09. The van der Waals surface area contributed by atoms with Crippen LogP contribution in [0.2, 0.25) is 10.2 Å². The van der Waals surface area contributed by atoms with Gasteiger partial charge >= 0.3 is 0 Å². The summed E-state index contributed by atoms with van der Waals surface area (Å²) in [7, 11) is 0. The van der Waals surface area contributed by atoms with E-state index in [0.29, 0.717) is 54.2 Å². The fraction of sp³-hybridized carbons (Fsp3) is 0.273. The van der Waals surface area contributed by atoms with E-state index in [1.807, 2.05) is 24.3 Å². The number of anilines is 1. The molecule has 0 atom stereocenters. The molecule has 2 heterocycles. The SMILES string of the molecule is Cc1nn(Cc2ccc(F)cc2)c(Cl)c1C(=O)N1CCN(c2cccc(Cl)c2)CC1. The van der Waals surface area contributed by atoms with Crippen LogP contribution in [0.25, 0.3) is 0 Å². The maximum atomic E-state index is 13.1. The second-order valence-electron chi connectivity index (χ2n) is 7.29. The van der Waals surface area contributed by atoms with Crippen molar-refractivity contribution in [1.82, 2.24) is 14.7 Å². The minimum atomic E-state index is -0.297. The van der Waals surface area contributed by atoms with Gasteiger partial charge in [0.1, 0.15) is 11.0 Å². The summed E-state index contributed by atoms with van der Waals surface area (Å²) in [5.74, 6) is -0.414. The normalized spacial score (nSPS) is 14.3. The van der Waals surface area contributed by atoms with Crippen LogP contribution in [0.3, 0.4) is 0 Å². The molecule has 5 nitrogen and oxygen atoms in total. The lowest BCUT2D eigenvalue weighted by atomic mass is 10.2. The molecule has 1 saturated heterocycles. The summed E-state index contributed by atoms with van der Waals surface area (Å²) in [5.41, 5.74) is 2.92. The van der Waals surface area contributed by atoms with E-state index in [-0.39, 0.29) is 11.7 Å². The van der Waals surface area contributed by atoms with Gasteiger partial charge in [0.25, 0.3) is 5.91 Å². The van der Waals surface area contributed by atoms with E-state index in [4.69, 9.17) is 23.2 Å². The number of amides is 1. The van der Waals surface area contributed by atoms with Gasteiger partial charge in [-0.05, 0) is 42.8 Å². The standard InChI is InChI=1S/C22H21Cl2FN4O/c1-15-20(21(24)29(26-15)14-16-5-7-18(25)8-6-16)22(30)28-11-9-27(10-12-28)19-4-2-3-17(23)13-19/h2-8,13H,9-12,14H2,1H3. The number of hydrogen-bond donors (Lipinski definition) is 0. The molecule has 1 fully saturated rings. The summed E-state index contributed by atoms with van der Waals surface area (Å²) in [4.78, 5) is 17.2. The van der Waals surface area contributed by atoms with E-state index in [2.05, 4.69) is 10.00 Å². The molecule has 1 aliphatic heterocycles. The number of rotatable bonds is 4. The summed E-state index contributed by atoms with van der Waals surface area (Å²) in [6.07, 6.45) is 0. The van der Waals surface area contributed by atoms with Gasteiger partial charge in [0.15, 0.2) is 0 Å². The predicted octanol–water partition coefficient (Wildman–Crippen LogP) is 4.65. The fourth-order valence-electron chi connectivity index (χ4n) is 3.66. The highest BCUT2D eigenvalue weighted by atomic mass is 35.5. The minimum absolute atomic E-state index is 0.117. The molecule has 156 valence electrons. The number of hydrogen-bond acceptors (Lipinski definition) is 3. The molecule has 0 unspecified atom stereocenters. The maximum absolute atomic E-state index is 13.1. The average Bonchev–Trinajstić information content (AvgIpc) is 3.02. The highest BCUT2D eigenvalue weighted by Crippen LogP contribution is 2.25. The molecule has 1 aliphatic rings. The third kappa shape index (κ3) is 4.30. The Morgan fingerprint density at radius 1 is 1.07 bits per heavy atom. The van der Waals surface area contributed by atoms with Crippen LogP contribution in [0, 0.1) is 12.7 Å². The van der Waals surface area contributed by atoms with Crippen molar-refractivity contribution in [3.05, 3.63) is 81.3 Å². The Bertz CT molecular complexity index is 1060. The first kappa shape index (κ1) is 20.7. The van der Waals surface area contributed by atoms with Crippen molar-refractivity contribution in [3.63, 3.8) is 0 Å². The number of halogens is 3. The molecule has 0 saturated carbocycles. The highest BCUT2D eigenvalue weighted by Gasteiger charge is 2.28. The Kier molecular flexibility index (Phi) is 5.97. The lowest BCUT2D eigenvalue weighted by Gasteiger charge is -2.36. The van der Waals surface area contributed by atoms with Crippen LogP contribution in [0.1, 0.15) is 21.6 Å². The first-order chi connectivity index (χ1) is 14.4. The summed E-state index contributed by atoms with van der Waals surface area (Å²) in [6.45, 7) is 4.76. The summed E-state index contributed by atoms with van der Waals surface area (Å²) in [6, 6.07) is 13.9. The first-order valence-electron chi connectivity index (χ1n) is 9.69. The van der Waals surface area contributed by atoms with E-state index >= 15 is 0 Å². The Hall–Kier alpha value is -2.57. The van der Waals surface area contributed by atoms with Crippen molar-refractivity contribution >= 4 is 34.8 Å². The number of aromatic nitrogens is 2. The largest absolute Gasteiger partial charge is 0.368 e. The molecule has 0 radical (unpaired) electrons.